The Hall–Kier alpha value is -2.25. The van der Waals surface area contributed by atoms with Crippen molar-refractivity contribution in [2.24, 2.45) is 5.92 Å². The van der Waals surface area contributed by atoms with Gasteiger partial charge in [-0.15, -0.1) is 0 Å². The van der Waals surface area contributed by atoms with Crippen molar-refractivity contribution in [1.29, 1.82) is 0 Å². The minimum absolute atomic E-state index is 0.168. The van der Waals surface area contributed by atoms with Crippen molar-refractivity contribution in [3.05, 3.63) is 59.9 Å². The van der Waals surface area contributed by atoms with Gasteiger partial charge in [-0.1, -0.05) is 12.1 Å². The number of hydrogen-bond donors (Lipinski definition) is 1. The van der Waals surface area contributed by atoms with Crippen LogP contribution < -0.4 is 5.32 Å². The number of hydrogen-bond acceptors (Lipinski definition) is 4. The van der Waals surface area contributed by atoms with Crippen molar-refractivity contribution in [2.75, 3.05) is 24.7 Å². The summed E-state index contributed by atoms with van der Waals surface area (Å²) in [7, 11) is -3.35. The molecule has 1 N–H and O–H groups in total. The monoisotopic (exact) mass is 359 g/mol. The molecular weight excluding hydrogens is 338 g/mol. The van der Waals surface area contributed by atoms with Crippen LogP contribution in [0.1, 0.15) is 17.0 Å². The normalized spacial score (nSPS) is 21.2. The number of anilines is 1. The lowest BCUT2D eigenvalue weighted by Gasteiger charge is -2.18. The van der Waals surface area contributed by atoms with Crippen LogP contribution in [-0.2, 0) is 14.8 Å². The van der Waals surface area contributed by atoms with Crippen LogP contribution in [0.3, 0.4) is 0 Å². The standard InChI is InChI=1S/C18H21N3O3S/c1-13-4-3-5-15(10-13)20-18(22)17-12-21(25(2,23)24)11-16(17)14-6-8-19-9-7-14/h3-10,16-17H,11-12H2,1-2H3,(H,20,22)/t16-,17+/m0/s1. The average molecular weight is 359 g/mol. The van der Waals surface area contributed by atoms with E-state index in [0.717, 1.165) is 16.8 Å². The molecule has 1 aromatic heterocycles. The molecule has 1 amide bonds. The molecule has 1 fully saturated rings. The zero-order chi connectivity index (χ0) is 18.0. The van der Waals surface area contributed by atoms with Crippen molar-refractivity contribution < 1.29 is 13.2 Å². The lowest BCUT2D eigenvalue weighted by atomic mass is 9.89. The molecule has 1 saturated heterocycles. The topological polar surface area (TPSA) is 79.4 Å². The molecule has 1 aromatic carbocycles. The molecule has 132 valence electrons. The summed E-state index contributed by atoms with van der Waals surface area (Å²) in [5, 5.41) is 2.92. The zero-order valence-electron chi connectivity index (χ0n) is 14.2. The van der Waals surface area contributed by atoms with Gasteiger partial charge in [-0.05, 0) is 42.3 Å². The van der Waals surface area contributed by atoms with Gasteiger partial charge in [0.25, 0.3) is 0 Å². The van der Waals surface area contributed by atoms with Crippen LogP contribution >= 0.6 is 0 Å². The Kier molecular flexibility index (Phi) is 4.87. The number of benzene rings is 1. The number of nitrogens with zero attached hydrogens (tertiary/aromatic N) is 2. The summed E-state index contributed by atoms with van der Waals surface area (Å²) >= 11 is 0. The minimum Gasteiger partial charge on any atom is -0.326 e. The number of rotatable bonds is 4. The molecule has 6 nitrogen and oxygen atoms in total. The minimum atomic E-state index is -3.35. The van der Waals surface area contributed by atoms with E-state index in [2.05, 4.69) is 10.3 Å². The first kappa shape index (κ1) is 17.6. The first-order valence-corrected chi connectivity index (χ1v) is 9.92. The number of carbonyl (C=O) groups excluding carboxylic acids is 1. The number of pyridine rings is 1. The molecule has 2 atom stereocenters. The predicted molar refractivity (Wildman–Crippen MR) is 96.7 cm³/mol. The van der Waals surface area contributed by atoms with Gasteiger partial charge in [0.1, 0.15) is 0 Å². The maximum Gasteiger partial charge on any atom is 0.229 e. The third-order valence-corrected chi connectivity index (χ3v) is 5.75. The summed E-state index contributed by atoms with van der Waals surface area (Å²) in [5.41, 5.74) is 2.69. The lowest BCUT2D eigenvalue weighted by Crippen LogP contribution is -2.31. The van der Waals surface area contributed by atoms with Gasteiger partial charge in [-0.3, -0.25) is 9.78 Å². The fourth-order valence-electron chi connectivity index (χ4n) is 3.21. The lowest BCUT2D eigenvalue weighted by molar-refractivity contribution is -0.119. The maximum absolute atomic E-state index is 12.8. The van der Waals surface area contributed by atoms with Gasteiger partial charge in [0.05, 0.1) is 12.2 Å². The molecule has 1 aliphatic rings. The third-order valence-electron chi connectivity index (χ3n) is 4.51. The molecule has 2 aromatic rings. The van der Waals surface area contributed by atoms with E-state index in [-0.39, 0.29) is 18.4 Å². The van der Waals surface area contributed by atoms with Crippen LogP contribution in [0.15, 0.2) is 48.8 Å². The highest BCUT2D eigenvalue weighted by Crippen LogP contribution is 2.34. The van der Waals surface area contributed by atoms with E-state index in [0.29, 0.717) is 6.54 Å². The second kappa shape index (κ2) is 6.93. The molecule has 0 bridgehead atoms. The van der Waals surface area contributed by atoms with Crippen molar-refractivity contribution in [3.63, 3.8) is 0 Å². The first-order chi connectivity index (χ1) is 11.8. The van der Waals surface area contributed by atoms with Gasteiger partial charge >= 0.3 is 0 Å². The van der Waals surface area contributed by atoms with E-state index >= 15 is 0 Å². The third kappa shape index (κ3) is 4.05. The molecule has 3 rings (SSSR count). The van der Waals surface area contributed by atoms with Crippen molar-refractivity contribution in [2.45, 2.75) is 12.8 Å². The van der Waals surface area contributed by atoms with Gasteiger partial charge in [0.15, 0.2) is 0 Å². The molecule has 0 saturated carbocycles. The second-order valence-corrected chi connectivity index (χ2v) is 8.41. The molecule has 1 aliphatic heterocycles. The number of aromatic nitrogens is 1. The number of aryl methyl sites for hydroxylation is 1. The van der Waals surface area contributed by atoms with Crippen LogP contribution in [0.2, 0.25) is 0 Å². The highest BCUT2D eigenvalue weighted by atomic mass is 32.2. The van der Waals surface area contributed by atoms with Crippen LogP contribution in [0.4, 0.5) is 5.69 Å². The largest absolute Gasteiger partial charge is 0.326 e. The number of amides is 1. The van der Waals surface area contributed by atoms with Gasteiger partial charge in [0, 0.05) is 37.1 Å². The van der Waals surface area contributed by atoms with E-state index < -0.39 is 15.9 Å². The average Bonchev–Trinajstić information content (AvgIpc) is 3.01. The highest BCUT2D eigenvalue weighted by Gasteiger charge is 2.41. The van der Waals surface area contributed by atoms with Gasteiger partial charge < -0.3 is 5.32 Å². The summed E-state index contributed by atoms with van der Waals surface area (Å²) in [6, 6.07) is 11.2. The molecule has 25 heavy (non-hydrogen) atoms. The Labute approximate surface area is 147 Å². The number of sulfonamides is 1. The van der Waals surface area contributed by atoms with Gasteiger partial charge in [0.2, 0.25) is 15.9 Å². The Morgan fingerprint density at radius 1 is 1.20 bits per heavy atom. The Bertz CT molecular complexity index is 868. The maximum atomic E-state index is 12.8. The van der Waals surface area contributed by atoms with Crippen molar-refractivity contribution in [1.82, 2.24) is 9.29 Å². The van der Waals surface area contributed by atoms with E-state index in [1.807, 2.05) is 43.3 Å². The summed E-state index contributed by atoms with van der Waals surface area (Å²) in [6.45, 7) is 2.44. The quantitative estimate of drug-likeness (QED) is 0.906. The molecule has 0 radical (unpaired) electrons. The fraction of sp³-hybridized carbons (Fsp3) is 0.333. The SMILES string of the molecule is Cc1cccc(NC(=O)[C@@H]2CN(S(C)(=O)=O)C[C@H]2c2ccncc2)c1. The highest BCUT2D eigenvalue weighted by molar-refractivity contribution is 7.88. The Morgan fingerprint density at radius 2 is 1.92 bits per heavy atom. The summed E-state index contributed by atoms with van der Waals surface area (Å²) in [4.78, 5) is 16.8. The van der Waals surface area contributed by atoms with E-state index in [4.69, 9.17) is 0 Å². The zero-order valence-corrected chi connectivity index (χ0v) is 15.0. The smallest absolute Gasteiger partial charge is 0.229 e. The molecule has 2 heterocycles. The molecule has 7 heteroatoms. The van der Waals surface area contributed by atoms with E-state index in [9.17, 15) is 13.2 Å². The van der Waals surface area contributed by atoms with Gasteiger partial charge in [-0.25, -0.2) is 12.7 Å². The van der Waals surface area contributed by atoms with E-state index in [1.165, 1.54) is 10.6 Å². The number of carbonyl (C=O) groups is 1. The second-order valence-electron chi connectivity index (χ2n) is 6.43. The summed E-state index contributed by atoms with van der Waals surface area (Å²) in [6.07, 6.45) is 4.50. The first-order valence-electron chi connectivity index (χ1n) is 8.07. The predicted octanol–water partition coefficient (Wildman–Crippen LogP) is 2.00. The van der Waals surface area contributed by atoms with Crippen molar-refractivity contribution >= 4 is 21.6 Å². The van der Waals surface area contributed by atoms with Gasteiger partial charge in [-0.2, -0.15) is 0 Å². The van der Waals surface area contributed by atoms with Crippen LogP contribution in [0.25, 0.3) is 0 Å². The Balaban J connectivity index is 1.86. The van der Waals surface area contributed by atoms with Crippen molar-refractivity contribution in [3.8, 4) is 0 Å². The number of nitrogens with one attached hydrogen (secondary N) is 1. The Morgan fingerprint density at radius 3 is 2.56 bits per heavy atom. The molecule has 0 unspecified atom stereocenters. The molecular formula is C18H21N3O3S. The fourth-order valence-corrected chi connectivity index (χ4v) is 4.07. The summed E-state index contributed by atoms with van der Waals surface area (Å²) in [5.74, 6) is -0.807. The van der Waals surface area contributed by atoms with E-state index in [1.54, 1.807) is 12.4 Å². The van der Waals surface area contributed by atoms with Crippen LogP contribution in [0.5, 0.6) is 0 Å². The molecule has 0 aliphatic carbocycles. The molecule has 0 spiro atoms. The van der Waals surface area contributed by atoms with Crippen LogP contribution in [0, 0.1) is 12.8 Å². The summed E-state index contributed by atoms with van der Waals surface area (Å²) < 4.78 is 25.3. The van der Waals surface area contributed by atoms with Crippen LogP contribution in [-0.4, -0.2) is 43.0 Å².